The summed E-state index contributed by atoms with van der Waals surface area (Å²) in [5.41, 5.74) is 0.699. The molecule has 1 fully saturated rings. The second-order valence-electron chi connectivity index (χ2n) is 5.40. The van der Waals surface area contributed by atoms with E-state index >= 15 is 0 Å². The van der Waals surface area contributed by atoms with Crippen LogP contribution in [0.15, 0.2) is 24.5 Å². The number of thiazole rings is 1. The molecule has 3 aromatic rings. The molecule has 1 aliphatic heterocycles. The molecule has 4 heterocycles. The smallest absolute Gasteiger partial charge is 0.269 e. The Morgan fingerprint density at radius 1 is 1.33 bits per heavy atom. The largest absolute Gasteiger partial charge is 0.371 e. The number of nitrogens with zero attached hydrogens (tertiary/aromatic N) is 4. The summed E-state index contributed by atoms with van der Waals surface area (Å²) < 4.78 is 7.47. The molecule has 1 N–H and O–H groups in total. The fourth-order valence-corrected chi connectivity index (χ4v) is 4.26. The summed E-state index contributed by atoms with van der Waals surface area (Å²) in [7, 11) is 0. The Morgan fingerprint density at radius 3 is 2.92 bits per heavy atom. The molecule has 0 unspecified atom stereocenters. The summed E-state index contributed by atoms with van der Waals surface area (Å²) in [4.78, 5) is 17.5. The van der Waals surface area contributed by atoms with Gasteiger partial charge in [0.2, 0.25) is 5.13 Å². The van der Waals surface area contributed by atoms with Gasteiger partial charge in [0.15, 0.2) is 5.13 Å². The fourth-order valence-electron chi connectivity index (χ4n) is 2.51. The third kappa shape index (κ3) is 2.97. The molecule has 124 valence electrons. The topological polar surface area (TPSA) is 81.9 Å². The van der Waals surface area contributed by atoms with Crippen LogP contribution in [0.25, 0.3) is 5.13 Å². The number of carbonyl (C=O) groups excluding carboxylic acids is 1. The first-order valence-electron chi connectivity index (χ1n) is 7.58. The minimum absolute atomic E-state index is 0.0126. The molecule has 24 heavy (non-hydrogen) atoms. The van der Waals surface area contributed by atoms with Gasteiger partial charge in [0, 0.05) is 19.0 Å². The van der Waals surface area contributed by atoms with Gasteiger partial charge >= 0.3 is 0 Å². The summed E-state index contributed by atoms with van der Waals surface area (Å²) >= 11 is 2.71. The third-order valence-electron chi connectivity index (χ3n) is 3.68. The molecule has 0 saturated carbocycles. The van der Waals surface area contributed by atoms with Crippen LogP contribution >= 0.6 is 22.7 Å². The lowest BCUT2D eigenvalue weighted by Crippen LogP contribution is -2.11. The zero-order valence-corrected chi connectivity index (χ0v) is 14.6. The lowest BCUT2D eigenvalue weighted by Gasteiger charge is -2.02. The molecule has 0 aliphatic carbocycles. The molecular weight excluding hydrogens is 346 g/mol. The van der Waals surface area contributed by atoms with Gasteiger partial charge in [-0.3, -0.25) is 10.1 Å². The van der Waals surface area contributed by atoms with Crippen LogP contribution in [0, 0.1) is 6.92 Å². The second kappa shape index (κ2) is 6.42. The zero-order valence-electron chi connectivity index (χ0n) is 12.9. The lowest BCUT2D eigenvalue weighted by atomic mass is 10.2. The minimum Gasteiger partial charge on any atom is -0.371 e. The SMILES string of the molecule is Cc1nc(-n2cccc2)sc1C(=O)Nc1nnc([C@H]2CCCO2)s1. The Balaban J connectivity index is 1.50. The monoisotopic (exact) mass is 361 g/mol. The first-order valence-corrected chi connectivity index (χ1v) is 9.21. The molecule has 1 atom stereocenters. The Hall–Kier alpha value is -2.10. The number of anilines is 1. The maximum atomic E-state index is 12.5. The van der Waals surface area contributed by atoms with Gasteiger partial charge in [0.25, 0.3) is 5.91 Å². The van der Waals surface area contributed by atoms with Crippen LogP contribution in [0.3, 0.4) is 0 Å². The van der Waals surface area contributed by atoms with Gasteiger partial charge in [0.05, 0.1) is 5.69 Å². The van der Waals surface area contributed by atoms with Crippen LogP contribution in [0.5, 0.6) is 0 Å². The number of hydrogen-bond donors (Lipinski definition) is 1. The van der Waals surface area contributed by atoms with Gasteiger partial charge in [-0.05, 0) is 31.9 Å². The average molecular weight is 361 g/mol. The van der Waals surface area contributed by atoms with E-state index in [1.165, 1.54) is 22.7 Å². The number of rotatable bonds is 4. The lowest BCUT2D eigenvalue weighted by molar-refractivity contribution is 0.102. The Bertz CT molecular complexity index is 849. The van der Waals surface area contributed by atoms with Crippen molar-refractivity contribution in [3.05, 3.63) is 40.1 Å². The van der Waals surface area contributed by atoms with Crippen molar-refractivity contribution >= 4 is 33.7 Å². The van der Waals surface area contributed by atoms with Gasteiger partial charge in [-0.2, -0.15) is 0 Å². The summed E-state index contributed by atoms with van der Waals surface area (Å²) in [6, 6.07) is 3.84. The van der Waals surface area contributed by atoms with Crippen LogP contribution in [0.4, 0.5) is 5.13 Å². The molecule has 1 aliphatic rings. The van der Waals surface area contributed by atoms with Crippen molar-refractivity contribution in [2.45, 2.75) is 25.9 Å². The van der Waals surface area contributed by atoms with Gasteiger partial charge in [-0.25, -0.2) is 4.98 Å². The number of amides is 1. The van der Waals surface area contributed by atoms with Gasteiger partial charge in [-0.15, -0.1) is 10.2 Å². The van der Waals surface area contributed by atoms with E-state index in [0.717, 1.165) is 29.6 Å². The summed E-state index contributed by atoms with van der Waals surface area (Å²) in [6.07, 6.45) is 5.81. The van der Waals surface area contributed by atoms with E-state index in [1.807, 2.05) is 36.0 Å². The average Bonchev–Trinajstić information content (AvgIpc) is 3.34. The Kier molecular flexibility index (Phi) is 4.13. The van der Waals surface area contributed by atoms with Crippen LogP contribution < -0.4 is 5.32 Å². The third-order valence-corrected chi connectivity index (χ3v) is 5.78. The highest BCUT2D eigenvalue weighted by Crippen LogP contribution is 2.32. The van der Waals surface area contributed by atoms with E-state index in [4.69, 9.17) is 4.74 Å². The van der Waals surface area contributed by atoms with Crippen LogP contribution in [0.1, 0.15) is 39.3 Å². The molecule has 0 spiro atoms. The molecule has 3 aromatic heterocycles. The van der Waals surface area contributed by atoms with Gasteiger partial charge < -0.3 is 9.30 Å². The Labute approximate surface area is 146 Å². The van der Waals surface area contributed by atoms with E-state index in [-0.39, 0.29) is 12.0 Å². The van der Waals surface area contributed by atoms with E-state index in [9.17, 15) is 4.79 Å². The van der Waals surface area contributed by atoms with Gasteiger partial charge in [-0.1, -0.05) is 22.7 Å². The first kappa shape index (κ1) is 15.4. The Morgan fingerprint density at radius 2 is 2.17 bits per heavy atom. The highest BCUT2D eigenvalue weighted by atomic mass is 32.1. The predicted molar refractivity (Wildman–Crippen MR) is 92.0 cm³/mol. The zero-order chi connectivity index (χ0) is 16.5. The van der Waals surface area contributed by atoms with E-state index in [1.54, 1.807) is 0 Å². The van der Waals surface area contributed by atoms with Crippen molar-refractivity contribution < 1.29 is 9.53 Å². The number of ether oxygens (including phenoxy) is 1. The standard InChI is InChI=1S/C15H15N5O2S2/c1-9-11(23-15(16-9)20-6-2-3-7-20)12(21)17-14-19-18-13(24-14)10-5-4-8-22-10/h2-3,6-7,10H,4-5,8H2,1H3,(H,17,19,21)/t10-/m1/s1. The molecule has 0 bridgehead atoms. The highest BCUT2D eigenvalue weighted by Gasteiger charge is 2.23. The fraction of sp³-hybridized carbons (Fsp3) is 0.333. The highest BCUT2D eigenvalue weighted by molar-refractivity contribution is 7.17. The van der Waals surface area contributed by atoms with Crippen molar-refractivity contribution in [3.63, 3.8) is 0 Å². The van der Waals surface area contributed by atoms with Crippen molar-refractivity contribution in [1.82, 2.24) is 19.7 Å². The van der Waals surface area contributed by atoms with Crippen LogP contribution in [-0.4, -0.2) is 32.3 Å². The number of nitrogens with one attached hydrogen (secondary N) is 1. The maximum absolute atomic E-state index is 12.5. The van der Waals surface area contributed by atoms with E-state index in [0.29, 0.717) is 15.7 Å². The van der Waals surface area contributed by atoms with Crippen molar-refractivity contribution in [3.8, 4) is 5.13 Å². The summed E-state index contributed by atoms with van der Waals surface area (Å²) in [5.74, 6) is -0.210. The molecule has 9 heteroatoms. The molecular formula is C15H15N5O2S2. The molecule has 7 nitrogen and oxygen atoms in total. The maximum Gasteiger partial charge on any atom is 0.269 e. The van der Waals surface area contributed by atoms with Gasteiger partial charge in [0.1, 0.15) is 16.0 Å². The molecule has 0 radical (unpaired) electrons. The van der Waals surface area contributed by atoms with Crippen molar-refractivity contribution in [2.75, 3.05) is 11.9 Å². The molecule has 1 amide bonds. The van der Waals surface area contributed by atoms with Crippen molar-refractivity contribution in [1.29, 1.82) is 0 Å². The predicted octanol–water partition coefficient (Wildman–Crippen LogP) is 3.20. The summed E-state index contributed by atoms with van der Waals surface area (Å²) in [5, 5.41) is 13.1. The normalized spacial score (nSPS) is 17.3. The van der Waals surface area contributed by atoms with E-state index < -0.39 is 0 Å². The summed E-state index contributed by atoms with van der Waals surface area (Å²) in [6.45, 7) is 2.59. The minimum atomic E-state index is -0.210. The molecule has 1 saturated heterocycles. The number of hydrogen-bond acceptors (Lipinski definition) is 7. The van der Waals surface area contributed by atoms with E-state index in [2.05, 4.69) is 20.5 Å². The number of carbonyl (C=O) groups is 1. The number of aromatic nitrogens is 4. The van der Waals surface area contributed by atoms with Crippen molar-refractivity contribution in [2.24, 2.45) is 0 Å². The second-order valence-corrected chi connectivity index (χ2v) is 7.39. The first-order chi connectivity index (χ1) is 11.7. The molecule has 0 aromatic carbocycles. The quantitative estimate of drug-likeness (QED) is 0.772. The van der Waals surface area contributed by atoms with Crippen LogP contribution in [-0.2, 0) is 4.74 Å². The number of aryl methyl sites for hydroxylation is 1. The molecule has 4 rings (SSSR count). The van der Waals surface area contributed by atoms with Crippen LogP contribution in [0.2, 0.25) is 0 Å².